The monoisotopic (exact) mass is 993 g/mol. The molecule has 0 radical (unpaired) electrons. The summed E-state index contributed by atoms with van der Waals surface area (Å²) in [5.41, 5.74) is 0. The second-order valence-corrected chi connectivity index (χ2v) is 20.6. The summed E-state index contributed by atoms with van der Waals surface area (Å²) in [6.07, 6.45) is 75.1. The van der Waals surface area contributed by atoms with Crippen molar-refractivity contribution in [3.63, 3.8) is 0 Å². The van der Waals surface area contributed by atoms with E-state index < -0.39 is 6.10 Å². The van der Waals surface area contributed by atoms with Crippen molar-refractivity contribution in [2.45, 2.75) is 322 Å². The molecule has 0 N–H and O–H groups in total. The summed E-state index contributed by atoms with van der Waals surface area (Å²) in [4.78, 5) is 38.2. The average Bonchev–Trinajstić information content (AvgIpc) is 3.37. The van der Waals surface area contributed by atoms with Gasteiger partial charge in [-0.1, -0.05) is 281 Å². The fourth-order valence-electron chi connectivity index (χ4n) is 8.89. The minimum Gasteiger partial charge on any atom is -0.462 e. The van der Waals surface area contributed by atoms with Crippen LogP contribution in [-0.4, -0.2) is 37.2 Å². The normalized spacial score (nSPS) is 12.4. The van der Waals surface area contributed by atoms with Gasteiger partial charge >= 0.3 is 17.9 Å². The second kappa shape index (κ2) is 59.7. The molecule has 0 rings (SSSR count). The molecule has 0 aromatic carbocycles. The third-order valence-electron chi connectivity index (χ3n) is 13.5. The number of hydrogen-bond donors (Lipinski definition) is 0. The Labute approximate surface area is 440 Å². The van der Waals surface area contributed by atoms with Crippen LogP contribution in [-0.2, 0) is 28.6 Å². The lowest BCUT2D eigenvalue weighted by atomic mass is 10.0. The van der Waals surface area contributed by atoms with E-state index in [9.17, 15) is 14.4 Å². The van der Waals surface area contributed by atoms with Crippen molar-refractivity contribution in [3.05, 3.63) is 60.8 Å². The van der Waals surface area contributed by atoms with E-state index in [1.54, 1.807) is 0 Å². The first-order chi connectivity index (χ1) is 35.0. The maximum absolute atomic E-state index is 12.9. The van der Waals surface area contributed by atoms with E-state index in [0.29, 0.717) is 19.3 Å². The molecule has 0 bridgehead atoms. The summed E-state index contributed by atoms with van der Waals surface area (Å²) >= 11 is 0. The predicted molar refractivity (Wildman–Crippen MR) is 307 cm³/mol. The molecule has 71 heavy (non-hydrogen) atoms. The van der Waals surface area contributed by atoms with Crippen LogP contribution in [0.2, 0.25) is 0 Å². The van der Waals surface area contributed by atoms with E-state index in [4.69, 9.17) is 14.2 Å². The van der Waals surface area contributed by atoms with Crippen LogP contribution in [0, 0.1) is 0 Å². The first kappa shape index (κ1) is 68.1. The van der Waals surface area contributed by atoms with E-state index in [2.05, 4.69) is 81.5 Å². The third kappa shape index (κ3) is 57.9. The van der Waals surface area contributed by atoms with E-state index in [1.165, 1.54) is 173 Å². The smallest absolute Gasteiger partial charge is 0.306 e. The maximum Gasteiger partial charge on any atom is 0.306 e. The van der Waals surface area contributed by atoms with Crippen molar-refractivity contribution in [3.8, 4) is 0 Å². The highest BCUT2D eigenvalue weighted by molar-refractivity contribution is 5.71. The first-order valence-corrected chi connectivity index (χ1v) is 30.8. The van der Waals surface area contributed by atoms with E-state index >= 15 is 0 Å². The highest BCUT2D eigenvalue weighted by Crippen LogP contribution is 2.17. The Balaban J connectivity index is 4.32. The minimum atomic E-state index is -0.784. The van der Waals surface area contributed by atoms with Gasteiger partial charge in [-0.3, -0.25) is 14.4 Å². The highest BCUT2D eigenvalue weighted by Gasteiger charge is 2.19. The fourth-order valence-corrected chi connectivity index (χ4v) is 8.89. The summed E-state index contributed by atoms with van der Waals surface area (Å²) in [5.74, 6) is -0.889. The van der Waals surface area contributed by atoms with Crippen molar-refractivity contribution in [1.29, 1.82) is 0 Å². The standard InChI is InChI=1S/C65H116O6/c1-4-7-10-13-16-19-22-25-28-30-31-32-33-34-36-37-40-43-46-49-52-55-58-64(67)70-61-62(60-69-63(66)57-54-51-48-45-42-39-27-24-21-18-15-12-9-6-3)71-65(68)59-56-53-50-47-44-41-38-35-29-26-23-20-17-14-11-8-5-2/h8,11,15,17-18,20,24,26-27,29,62H,4-7,9-10,12-14,16,19,21-23,25,28,30-61H2,1-3H3/b11-8-,18-15-,20-17-,27-24-,29-26-. The molecule has 0 heterocycles. The zero-order chi connectivity index (χ0) is 51.4. The van der Waals surface area contributed by atoms with Gasteiger partial charge in [-0.2, -0.15) is 0 Å². The Kier molecular flexibility index (Phi) is 57.2. The van der Waals surface area contributed by atoms with Gasteiger partial charge in [0.15, 0.2) is 6.10 Å². The van der Waals surface area contributed by atoms with Crippen molar-refractivity contribution in [2.24, 2.45) is 0 Å². The molecule has 0 aromatic rings. The molecule has 1 atom stereocenters. The SMILES string of the molecule is CC/C=C\C/C=C\C/C=C\CCCCCCCCCC(=O)OC(COC(=O)CCCCCCC/C=C\C/C=C\CCCC)COC(=O)CCCCCCCCCCCCCCCCCCCCCCCC. The summed E-state index contributed by atoms with van der Waals surface area (Å²) in [5, 5.41) is 0. The van der Waals surface area contributed by atoms with Gasteiger partial charge in [0.25, 0.3) is 0 Å². The van der Waals surface area contributed by atoms with Gasteiger partial charge in [0.1, 0.15) is 13.2 Å². The van der Waals surface area contributed by atoms with Crippen LogP contribution in [0.4, 0.5) is 0 Å². The first-order valence-electron chi connectivity index (χ1n) is 30.8. The molecule has 6 nitrogen and oxygen atoms in total. The Hall–Kier alpha value is -2.89. The number of rotatable bonds is 56. The van der Waals surface area contributed by atoms with Gasteiger partial charge in [0.05, 0.1) is 0 Å². The molecule has 0 aliphatic rings. The van der Waals surface area contributed by atoms with E-state index in [0.717, 1.165) is 103 Å². The molecule has 1 unspecified atom stereocenters. The topological polar surface area (TPSA) is 78.9 Å². The molecule has 0 aromatic heterocycles. The number of carbonyl (C=O) groups excluding carboxylic acids is 3. The van der Waals surface area contributed by atoms with Gasteiger partial charge < -0.3 is 14.2 Å². The summed E-state index contributed by atoms with van der Waals surface area (Å²) < 4.78 is 16.9. The van der Waals surface area contributed by atoms with E-state index in [-0.39, 0.29) is 31.1 Å². The number of unbranched alkanes of at least 4 members (excludes halogenated alkanes) is 35. The van der Waals surface area contributed by atoms with Gasteiger partial charge in [0.2, 0.25) is 0 Å². The van der Waals surface area contributed by atoms with Crippen molar-refractivity contribution in [1.82, 2.24) is 0 Å². The highest BCUT2D eigenvalue weighted by atomic mass is 16.6. The number of carbonyl (C=O) groups is 3. The summed E-state index contributed by atoms with van der Waals surface area (Å²) in [6.45, 7) is 6.51. The molecular weight excluding hydrogens is 877 g/mol. The predicted octanol–water partition coefficient (Wildman–Crippen LogP) is 20.8. The fraction of sp³-hybridized carbons (Fsp3) is 0.800. The van der Waals surface area contributed by atoms with Gasteiger partial charge in [0, 0.05) is 19.3 Å². The van der Waals surface area contributed by atoms with Gasteiger partial charge in [-0.25, -0.2) is 0 Å². The molecule has 0 fully saturated rings. The number of hydrogen-bond acceptors (Lipinski definition) is 6. The number of allylic oxidation sites excluding steroid dienone is 10. The molecule has 412 valence electrons. The molecular formula is C65H116O6. The quantitative estimate of drug-likeness (QED) is 0.0261. The molecule has 0 aliphatic heterocycles. The van der Waals surface area contributed by atoms with Gasteiger partial charge in [-0.05, 0) is 77.0 Å². The molecule has 0 spiro atoms. The molecule has 0 saturated carbocycles. The van der Waals surface area contributed by atoms with Crippen molar-refractivity contribution >= 4 is 17.9 Å². The van der Waals surface area contributed by atoms with Crippen molar-refractivity contribution in [2.75, 3.05) is 13.2 Å². The molecule has 0 aliphatic carbocycles. The van der Waals surface area contributed by atoms with Crippen LogP contribution in [0.25, 0.3) is 0 Å². The van der Waals surface area contributed by atoms with Crippen LogP contribution in [0.3, 0.4) is 0 Å². The Morgan fingerprint density at radius 3 is 0.901 bits per heavy atom. The largest absolute Gasteiger partial charge is 0.462 e. The molecule has 0 amide bonds. The average molecular weight is 994 g/mol. The maximum atomic E-state index is 12.9. The lowest BCUT2D eigenvalue weighted by Crippen LogP contribution is -2.30. The van der Waals surface area contributed by atoms with Crippen LogP contribution in [0.15, 0.2) is 60.8 Å². The zero-order valence-electron chi connectivity index (χ0n) is 47.2. The Morgan fingerprint density at radius 1 is 0.296 bits per heavy atom. The minimum absolute atomic E-state index is 0.0801. The lowest BCUT2D eigenvalue weighted by molar-refractivity contribution is -0.167. The Morgan fingerprint density at radius 2 is 0.563 bits per heavy atom. The second-order valence-electron chi connectivity index (χ2n) is 20.6. The van der Waals surface area contributed by atoms with Crippen molar-refractivity contribution < 1.29 is 28.6 Å². The summed E-state index contributed by atoms with van der Waals surface area (Å²) in [7, 11) is 0. The molecule has 6 heteroatoms. The zero-order valence-corrected chi connectivity index (χ0v) is 47.2. The van der Waals surface area contributed by atoms with Crippen LogP contribution >= 0.6 is 0 Å². The lowest BCUT2D eigenvalue weighted by Gasteiger charge is -2.18. The van der Waals surface area contributed by atoms with Crippen LogP contribution in [0.1, 0.15) is 316 Å². The van der Waals surface area contributed by atoms with E-state index in [1.807, 2.05) is 0 Å². The number of ether oxygens (including phenoxy) is 3. The molecule has 0 saturated heterocycles. The van der Waals surface area contributed by atoms with Crippen LogP contribution < -0.4 is 0 Å². The third-order valence-corrected chi connectivity index (χ3v) is 13.5. The number of esters is 3. The summed E-state index contributed by atoms with van der Waals surface area (Å²) in [6, 6.07) is 0. The van der Waals surface area contributed by atoms with Gasteiger partial charge in [-0.15, -0.1) is 0 Å². The Bertz CT molecular complexity index is 1280. The van der Waals surface area contributed by atoms with Crippen LogP contribution in [0.5, 0.6) is 0 Å².